The molecule has 0 bridgehead atoms. The fourth-order valence-corrected chi connectivity index (χ4v) is 3.50. The van der Waals surface area contributed by atoms with Crippen LogP contribution in [0.3, 0.4) is 0 Å². The average molecular weight is 314 g/mol. The zero-order valence-electron chi connectivity index (χ0n) is 12.9. The highest BCUT2D eigenvalue weighted by Crippen LogP contribution is 2.18. The first-order valence-electron chi connectivity index (χ1n) is 7.79. The quantitative estimate of drug-likeness (QED) is 0.642. The predicted octanol–water partition coefficient (Wildman–Crippen LogP) is 1.49. The number of hydrogen-bond donors (Lipinski definition) is 2. The molecule has 21 heavy (non-hydrogen) atoms. The van der Waals surface area contributed by atoms with Gasteiger partial charge in [0.15, 0.2) is 0 Å². The highest BCUT2D eigenvalue weighted by Gasteiger charge is 2.20. The van der Waals surface area contributed by atoms with E-state index in [2.05, 4.69) is 15.1 Å². The number of sulfonamides is 1. The fourth-order valence-electron chi connectivity index (χ4n) is 2.27. The summed E-state index contributed by atoms with van der Waals surface area (Å²) < 4.78 is 28.7. The number of nitrogens with one attached hydrogen (secondary N) is 2. The first kappa shape index (κ1) is 16.5. The standard InChI is InChI=1S/C14H26N4O2S/c1-3-5-12(2)17-21(19,20)14-10-16-18(11-14)9-4-8-15-13-6-7-13/h10-13,15,17H,3-9H2,1-2H3. The van der Waals surface area contributed by atoms with E-state index in [1.165, 1.54) is 19.0 Å². The molecule has 1 atom stereocenters. The Hall–Kier alpha value is -0.920. The summed E-state index contributed by atoms with van der Waals surface area (Å²) in [5, 5.41) is 7.57. The van der Waals surface area contributed by atoms with Crippen molar-refractivity contribution in [3.8, 4) is 0 Å². The lowest BCUT2D eigenvalue weighted by molar-refractivity contribution is 0.537. The smallest absolute Gasteiger partial charge is 0.243 e. The van der Waals surface area contributed by atoms with E-state index < -0.39 is 10.0 Å². The third-order valence-electron chi connectivity index (χ3n) is 3.57. The second-order valence-corrected chi connectivity index (χ2v) is 7.55. The number of aromatic nitrogens is 2. The predicted molar refractivity (Wildman–Crippen MR) is 82.6 cm³/mol. The van der Waals surface area contributed by atoms with Gasteiger partial charge in [0, 0.05) is 24.8 Å². The van der Waals surface area contributed by atoms with Crippen molar-refractivity contribution in [2.45, 2.75) is 69.5 Å². The third-order valence-corrected chi connectivity index (χ3v) is 5.12. The zero-order chi connectivity index (χ0) is 15.3. The summed E-state index contributed by atoms with van der Waals surface area (Å²) in [6, 6.07) is 0.661. The van der Waals surface area contributed by atoms with Crippen LogP contribution in [0, 0.1) is 0 Å². The van der Waals surface area contributed by atoms with Crippen LogP contribution in [-0.2, 0) is 16.6 Å². The van der Waals surface area contributed by atoms with Gasteiger partial charge in [0.05, 0.1) is 6.20 Å². The van der Waals surface area contributed by atoms with Gasteiger partial charge in [-0.2, -0.15) is 5.10 Å². The van der Waals surface area contributed by atoms with E-state index in [9.17, 15) is 8.42 Å². The lowest BCUT2D eigenvalue weighted by Crippen LogP contribution is -2.32. The molecule has 1 fully saturated rings. The van der Waals surface area contributed by atoms with Crippen LogP contribution in [-0.4, -0.2) is 36.8 Å². The second-order valence-electron chi connectivity index (χ2n) is 5.83. The van der Waals surface area contributed by atoms with Gasteiger partial charge in [-0.15, -0.1) is 0 Å². The molecule has 0 aromatic carbocycles. The topological polar surface area (TPSA) is 76.0 Å². The molecule has 1 saturated carbocycles. The molecule has 1 aromatic heterocycles. The van der Waals surface area contributed by atoms with Crippen LogP contribution < -0.4 is 10.0 Å². The Morgan fingerprint density at radius 2 is 2.24 bits per heavy atom. The molecule has 0 spiro atoms. The van der Waals surface area contributed by atoms with Crippen LogP contribution in [0.4, 0.5) is 0 Å². The first-order chi connectivity index (χ1) is 10.0. The SMILES string of the molecule is CCCC(C)NS(=O)(=O)c1cnn(CCCNC2CC2)c1. The summed E-state index contributed by atoms with van der Waals surface area (Å²) in [6.07, 6.45) is 8.35. The normalized spacial score (nSPS) is 17.0. The van der Waals surface area contributed by atoms with Crippen molar-refractivity contribution >= 4 is 10.0 Å². The fraction of sp³-hybridized carbons (Fsp3) is 0.786. The molecule has 1 aliphatic rings. The Labute approximate surface area is 127 Å². The van der Waals surface area contributed by atoms with Gasteiger partial charge in [-0.3, -0.25) is 4.68 Å². The van der Waals surface area contributed by atoms with Crippen LogP contribution in [0.15, 0.2) is 17.3 Å². The molecule has 0 amide bonds. The van der Waals surface area contributed by atoms with Gasteiger partial charge >= 0.3 is 0 Å². The average Bonchev–Trinajstić information content (AvgIpc) is 3.10. The summed E-state index contributed by atoms with van der Waals surface area (Å²) in [5.74, 6) is 0. The molecule has 0 aliphatic heterocycles. The van der Waals surface area contributed by atoms with Crippen LogP contribution >= 0.6 is 0 Å². The van der Waals surface area contributed by atoms with E-state index in [1.807, 2.05) is 13.8 Å². The van der Waals surface area contributed by atoms with Gasteiger partial charge in [0.25, 0.3) is 0 Å². The number of rotatable bonds is 10. The van der Waals surface area contributed by atoms with E-state index >= 15 is 0 Å². The molecule has 7 heteroatoms. The number of hydrogen-bond acceptors (Lipinski definition) is 4. The minimum absolute atomic E-state index is 0.0499. The van der Waals surface area contributed by atoms with Gasteiger partial charge in [-0.1, -0.05) is 13.3 Å². The molecule has 0 radical (unpaired) electrons. The monoisotopic (exact) mass is 314 g/mol. The van der Waals surface area contributed by atoms with Crippen LogP contribution in [0.25, 0.3) is 0 Å². The zero-order valence-corrected chi connectivity index (χ0v) is 13.7. The number of nitrogens with zero attached hydrogens (tertiary/aromatic N) is 2. The van der Waals surface area contributed by atoms with Crippen LogP contribution in [0.2, 0.25) is 0 Å². The van der Waals surface area contributed by atoms with Crippen molar-refractivity contribution in [1.82, 2.24) is 19.8 Å². The van der Waals surface area contributed by atoms with Gasteiger partial charge in [0.1, 0.15) is 4.90 Å². The first-order valence-corrected chi connectivity index (χ1v) is 9.27. The molecule has 2 rings (SSSR count). The minimum atomic E-state index is -3.44. The maximum absolute atomic E-state index is 12.2. The van der Waals surface area contributed by atoms with E-state index in [0.717, 1.165) is 32.4 Å². The van der Waals surface area contributed by atoms with Crippen molar-refractivity contribution in [2.24, 2.45) is 0 Å². The third kappa shape index (κ3) is 5.41. The van der Waals surface area contributed by atoms with E-state index in [4.69, 9.17) is 0 Å². The largest absolute Gasteiger partial charge is 0.314 e. The highest BCUT2D eigenvalue weighted by molar-refractivity contribution is 7.89. The van der Waals surface area contributed by atoms with Crippen molar-refractivity contribution in [3.05, 3.63) is 12.4 Å². The van der Waals surface area contributed by atoms with Gasteiger partial charge in [-0.25, -0.2) is 13.1 Å². The Bertz CT molecular complexity index is 537. The van der Waals surface area contributed by atoms with Crippen molar-refractivity contribution < 1.29 is 8.42 Å². The molecule has 120 valence electrons. The van der Waals surface area contributed by atoms with Gasteiger partial charge in [-0.05, 0) is 39.2 Å². The number of aryl methyl sites for hydroxylation is 1. The lowest BCUT2D eigenvalue weighted by Gasteiger charge is -2.11. The van der Waals surface area contributed by atoms with Gasteiger partial charge < -0.3 is 5.32 Å². The van der Waals surface area contributed by atoms with Crippen molar-refractivity contribution in [1.29, 1.82) is 0 Å². The Morgan fingerprint density at radius 3 is 2.90 bits per heavy atom. The Morgan fingerprint density at radius 1 is 1.48 bits per heavy atom. The van der Waals surface area contributed by atoms with Gasteiger partial charge in [0.2, 0.25) is 10.0 Å². The summed E-state index contributed by atoms with van der Waals surface area (Å²) in [4.78, 5) is 0.251. The van der Waals surface area contributed by atoms with Crippen molar-refractivity contribution in [2.75, 3.05) is 6.54 Å². The molecule has 6 nitrogen and oxygen atoms in total. The molecule has 0 saturated heterocycles. The van der Waals surface area contributed by atoms with Crippen molar-refractivity contribution in [3.63, 3.8) is 0 Å². The lowest BCUT2D eigenvalue weighted by atomic mass is 10.2. The molecule has 1 heterocycles. The summed E-state index contributed by atoms with van der Waals surface area (Å²) in [5.41, 5.74) is 0. The summed E-state index contributed by atoms with van der Waals surface area (Å²) >= 11 is 0. The minimum Gasteiger partial charge on any atom is -0.314 e. The maximum atomic E-state index is 12.2. The Balaban J connectivity index is 1.82. The molecule has 2 N–H and O–H groups in total. The van der Waals surface area contributed by atoms with E-state index in [0.29, 0.717) is 6.04 Å². The molecule has 1 unspecified atom stereocenters. The molecular formula is C14H26N4O2S. The summed E-state index contributed by atoms with van der Waals surface area (Å²) in [7, 11) is -3.44. The molecule has 1 aromatic rings. The van der Waals surface area contributed by atoms with Crippen LogP contribution in [0.5, 0.6) is 0 Å². The van der Waals surface area contributed by atoms with E-state index in [1.54, 1.807) is 10.9 Å². The van der Waals surface area contributed by atoms with Crippen LogP contribution in [0.1, 0.15) is 46.0 Å². The second kappa shape index (κ2) is 7.38. The van der Waals surface area contributed by atoms with E-state index in [-0.39, 0.29) is 10.9 Å². The molecule has 1 aliphatic carbocycles. The highest BCUT2D eigenvalue weighted by atomic mass is 32.2. The summed E-state index contributed by atoms with van der Waals surface area (Å²) in [6.45, 7) is 5.62. The maximum Gasteiger partial charge on any atom is 0.243 e. The Kier molecular flexibility index (Phi) is 5.78. The molecular weight excluding hydrogens is 288 g/mol.